The van der Waals surface area contributed by atoms with Gasteiger partial charge in [0.1, 0.15) is 0 Å². The van der Waals surface area contributed by atoms with Crippen LogP contribution in [0.5, 0.6) is 0 Å². The molecule has 0 amide bonds. The third-order valence-electron chi connectivity index (χ3n) is 3.14. The van der Waals surface area contributed by atoms with Crippen LogP contribution >= 0.6 is 0 Å². The van der Waals surface area contributed by atoms with E-state index in [4.69, 9.17) is 0 Å². The Bertz CT molecular complexity index is 730. The molecule has 2 rings (SSSR count). The molecule has 0 spiro atoms. The fourth-order valence-corrected chi connectivity index (χ4v) is 3.34. The summed E-state index contributed by atoms with van der Waals surface area (Å²) in [6.45, 7) is 4.29. The number of nitrogens with zero attached hydrogens (tertiary/aromatic N) is 2. The van der Waals surface area contributed by atoms with Gasteiger partial charge in [0.25, 0.3) is 10.0 Å². The first-order valence-corrected chi connectivity index (χ1v) is 7.97. The molecule has 0 bridgehead atoms. The lowest BCUT2D eigenvalue weighted by molar-refractivity contribution is 0.599. The fourth-order valence-electron chi connectivity index (χ4n) is 2.01. The second-order valence-electron chi connectivity index (χ2n) is 4.74. The Hall–Kier alpha value is -1.99. The number of hydrogen-bond donors (Lipinski definition) is 2. The minimum Gasteiger partial charge on any atom is -0.316 e. The molecule has 0 radical (unpaired) electrons. The molecule has 0 atom stereocenters. The van der Waals surface area contributed by atoms with Crippen molar-refractivity contribution in [3.63, 3.8) is 0 Å². The van der Waals surface area contributed by atoms with E-state index >= 15 is 0 Å². The maximum atomic E-state index is 12.5. The van der Waals surface area contributed by atoms with Crippen molar-refractivity contribution in [3.05, 3.63) is 47.3 Å². The molecule has 1 heterocycles. The minimum absolute atomic E-state index is 0.0635. The van der Waals surface area contributed by atoms with Gasteiger partial charge in [-0.1, -0.05) is 6.07 Å². The van der Waals surface area contributed by atoms with Crippen LogP contribution in [0.3, 0.4) is 0 Å². The average molecular weight is 306 g/mol. The molecule has 0 saturated heterocycles. The standard InChI is InChI=1S/C14H18N4O2S/c1-10-7-12(9-15-3)8-13(11(10)2)21(19,20)18-14-16-5-4-6-17-14/h4-8,15H,9H2,1-3H3,(H,16,17,18). The number of aryl methyl sites for hydroxylation is 1. The van der Waals surface area contributed by atoms with Crippen LogP contribution in [0.2, 0.25) is 0 Å². The van der Waals surface area contributed by atoms with Crippen molar-refractivity contribution in [2.75, 3.05) is 11.8 Å². The van der Waals surface area contributed by atoms with Gasteiger partial charge in [0.05, 0.1) is 4.90 Å². The second kappa shape index (κ2) is 6.19. The van der Waals surface area contributed by atoms with Crippen molar-refractivity contribution in [3.8, 4) is 0 Å². The monoisotopic (exact) mass is 306 g/mol. The zero-order chi connectivity index (χ0) is 15.5. The van der Waals surface area contributed by atoms with Crippen molar-refractivity contribution in [2.24, 2.45) is 0 Å². The van der Waals surface area contributed by atoms with Crippen molar-refractivity contribution in [2.45, 2.75) is 25.3 Å². The molecule has 0 aliphatic rings. The van der Waals surface area contributed by atoms with E-state index in [-0.39, 0.29) is 10.8 Å². The molecular weight excluding hydrogens is 288 g/mol. The lowest BCUT2D eigenvalue weighted by Gasteiger charge is -2.13. The molecule has 7 heteroatoms. The Labute approximate surface area is 124 Å². The molecular formula is C14H18N4O2S. The number of hydrogen-bond acceptors (Lipinski definition) is 5. The van der Waals surface area contributed by atoms with E-state index in [0.717, 1.165) is 16.7 Å². The molecule has 0 unspecified atom stereocenters. The van der Waals surface area contributed by atoms with Crippen LogP contribution in [0.4, 0.5) is 5.95 Å². The lowest BCUT2D eigenvalue weighted by atomic mass is 10.1. The first-order valence-electron chi connectivity index (χ1n) is 6.48. The maximum Gasteiger partial charge on any atom is 0.264 e. The Morgan fingerprint density at radius 2 is 1.81 bits per heavy atom. The van der Waals surface area contributed by atoms with Gasteiger partial charge in [0, 0.05) is 18.9 Å². The molecule has 2 aromatic rings. The summed E-state index contributed by atoms with van der Waals surface area (Å²) in [6, 6.07) is 5.27. The van der Waals surface area contributed by atoms with Crippen molar-refractivity contribution < 1.29 is 8.42 Å². The summed E-state index contributed by atoms with van der Waals surface area (Å²) >= 11 is 0. The first-order chi connectivity index (χ1) is 9.94. The van der Waals surface area contributed by atoms with Crippen LogP contribution < -0.4 is 10.0 Å². The summed E-state index contributed by atoms with van der Waals surface area (Å²) in [5.41, 5.74) is 2.56. The van der Waals surface area contributed by atoms with Gasteiger partial charge in [0.15, 0.2) is 0 Å². The maximum absolute atomic E-state index is 12.5. The van der Waals surface area contributed by atoms with Crippen molar-refractivity contribution in [1.29, 1.82) is 0 Å². The average Bonchev–Trinajstić information content (AvgIpc) is 2.43. The Balaban J connectivity index is 2.44. The smallest absolute Gasteiger partial charge is 0.264 e. The topological polar surface area (TPSA) is 84.0 Å². The van der Waals surface area contributed by atoms with Crippen LogP contribution in [-0.2, 0) is 16.6 Å². The number of sulfonamides is 1. The van der Waals surface area contributed by atoms with Gasteiger partial charge in [-0.15, -0.1) is 0 Å². The molecule has 1 aromatic carbocycles. The number of benzene rings is 1. The van der Waals surface area contributed by atoms with E-state index in [2.05, 4.69) is 20.0 Å². The van der Waals surface area contributed by atoms with Gasteiger partial charge in [0.2, 0.25) is 5.95 Å². The van der Waals surface area contributed by atoms with E-state index in [9.17, 15) is 8.42 Å². The number of aromatic nitrogens is 2. The number of anilines is 1. The predicted octanol–water partition coefficient (Wildman–Crippen LogP) is 1.61. The van der Waals surface area contributed by atoms with Gasteiger partial charge in [-0.25, -0.2) is 23.1 Å². The Morgan fingerprint density at radius 1 is 1.14 bits per heavy atom. The molecule has 0 saturated carbocycles. The number of nitrogens with one attached hydrogen (secondary N) is 2. The highest BCUT2D eigenvalue weighted by Gasteiger charge is 2.20. The van der Waals surface area contributed by atoms with Crippen molar-refractivity contribution in [1.82, 2.24) is 15.3 Å². The van der Waals surface area contributed by atoms with E-state index in [1.54, 1.807) is 19.1 Å². The van der Waals surface area contributed by atoms with Gasteiger partial charge < -0.3 is 5.32 Å². The molecule has 2 N–H and O–H groups in total. The van der Waals surface area contributed by atoms with E-state index in [0.29, 0.717) is 6.54 Å². The molecule has 0 aliphatic heterocycles. The van der Waals surface area contributed by atoms with E-state index in [1.807, 2.05) is 20.0 Å². The van der Waals surface area contributed by atoms with Crippen molar-refractivity contribution >= 4 is 16.0 Å². The zero-order valence-corrected chi connectivity index (χ0v) is 13.0. The Kier molecular flexibility index (Phi) is 4.54. The summed E-state index contributed by atoms with van der Waals surface area (Å²) in [7, 11) is -1.89. The molecule has 112 valence electrons. The van der Waals surface area contributed by atoms with Gasteiger partial charge in [-0.2, -0.15) is 0 Å². The largest absolute Gasteiger partial charge is 0.316 e. The van der Waals surface area contributed by atoms with E-state index in [1.165, 1.54) is 12.4 Å². The molecule has 1 aromatic heterocycles. The summed E-state index contributed by atoms with van der Waals surface area (Å²) in [5.74, 6) is 0.0635. The molecule has 6 nitrogen and oxygen atoms in total. The second-order valence-corrected chi connectivity index (χ2v) is 6.39. The number of rotatable bonds is 5. The summed E-state index contributed by atoms with van der Waals surface area (Å²) in [4.78, 5) is 8.02. The highest BCUT2D eigenvalue weighted by molar-refractivity contribution is 7.92. The van der Waals surface area contributed by atoms with Crippen LogP contribution in [-0.4, -0.2) is 25.4 Å². The normalized spacial score (nSPS) is 11.4. The van der Waals surface area contributed by atoms with Crippen LogP contribution in [0.25, 0.3) is 0 Å². The summed E-state index contributed by atoms with van der Waals surface area (Å²) in [6.07, 6.45) is 2.97. The van der Waals surface area contributed by atoms with E-state index < -0.39 is 10.0 Å². The third kappa shape index (κ3) is 3.56. The van der Waals surface area contributed by atoms with Crippen LogP contribution in [0.1, 0.15) is 16.7 Å². The van der Waals surface area contributed by atoms with Crippen LogP contribution in [0.15, 0.2) is 35.5 Å². The lowest BCUT2D eigenvalue weighted by Crippen LogP contribution is -2.17. The predicted molar refractivity (Wildman–Crippen MR) is 81.5 cm³/mol. The fraction of sp³-hybridized carbons (Fsp3) is 0.286. The van der Waals surface area contributed by atoms with Crippen LogP contribution in [0, 0.1) is 13.8 Å². The highest BCUT2D eigenvalue weighted by Crippen LogP contribution is 2.22. The van der Waals surface area contributed by atoms with Gasteiger partial charge >= 0.3 is 0 Å². The third-order valence-corrected chi connectivity index (χ3v) is 4.60. The molecule has 0 fully saturated rings. The summed E-state index contributed by atoms with van der Waals surface area (Å²) in [5, 5.41) is 3.02. The SMILES string of the molecule is CNCc1cc(C)c(C)c(S(=O)(=O)Nc2ncccn2)c1. The summed E-state index contributed by atoms with van der Waals surface area (Å²) < 4.78 is 27.4. The van der Waals surface area contributed by atoms with Gasteiger partial charge in [-0.3, -0.25) is 0 Å². The zero-order valence-electron chi connectivity index (χ0n) is 12.2. The van der Waals surface area contributed by atoms with Gasteiger partial charge in [-0.05, 0) is 49.7 Å². The molecule has 21 heavy (non-hydrogen) atoms. The Morgan fingerprint density at radius 3 is 2.43 bits per heavy atom. The first kappa shape index (κ1) is 15.4. The highest BCUT2D eigenvalue weighted by atomic mass is 32.2. The minimum atomic E-state index is -3.71. The molecule has 0 aliphatic carbocycles. The quantitative estimate of drug-likeness (QED) is 0.877.